The minimum absolute atomic E-state index is 0.104. The van der Waals surface area contributed by atoms with Crippen molar-refractivity contribution in [2.24, 2.45) is 11.3 Å². The Morgan fingerprint density at radius 1 is 1.24 bits per heavy atom. The van der Waals surface area contributed by atoms with Gasteiger partial charge in [0.05, 0.1) is 6.10 Å². The van der Waals surface area contributed by atoms with E-state index < -0.39 is 0 Å². The lowest BCUT2D eigenvalue weighted by Crippen LogP contribution is -2.52. The van der Waals surface area contributed by atoms with Crippen LogP contribution in [0.4, 0.5) is 0 Å². The highest BCUT2D eigenvalue weighted by atomic mass is 16.3. The van der Waals surface area contributed by atoms with Crippen LogP contribution in [0, 0.1) is 11.3 Å². The van der Waals surface area contributed by atoms with E-state index in [2.05, 4.69) is 37.9 Å². The monoisotopic (exact) mass is 296 g/mol. The fourth-order valence-corrected chi connectivity index (χ4v) is 4.23. The van der Waals surface area contributed by atoms with E-state index in [0.29, 0.717) is 5.41 Å². The minimum Gasteiger partial charge on any atom is -0.392 e. The Hall–Kier alpha value is -0.120. The van der Waals surface area contributed by atoms with Gasteiger partial charge >= 0.3 is 0 Å². The predicted molar refractivity (Wildman–Crippen MR) is 89.5 cm³/mol. The van der Waals surface area contributed by atoms with Gasteiger partial charge in [-0.25, -0.2) is 0 Å². The molecule has 1 heterocycles. The maximum Gasteiger partial charge on any atom is 0.0667 e. The first kappa shape index (κ1) is 17.2. The lowest BCUT2D eigenvalue weighted by molar-refractivity contribution is 0.0208. The second-order valence-electron chi connectivity index (χ2n) is 8.84. The van der Waals surface area contributed by atoms with Gasteiger partial charge in [0.25, 0.3) is 0 Å². The van der Waals surface area contributed by atoms with Crippen LogP contribution >= 0.6 is 0 Å². The molecule has 2 fully saturated rings. The first-order valence-corrected chi connectivity index (χ1v) is 8.93. The third-order valence-corrected chi connectivity index (χ3v) is 5.22. The number of piperidine rings is 1. The van der Waals surface area contributed by atoms with Crippen molar-refractivity contribution in [2.75, 3.05) is 26.2 Å². The topological polar surface area (TPSA) is 35.5 Å². The quantitative estimate of drug-likeness (QED) is 0.837. The molecule has 2 rings (SSSR count). The third-order valence-electron chi connectivity index (χ3n) is 5.22. The molecule has 2 aliphatic rings. The molecule has 0 bridgehead atoms. The molecule has 2 N–H and O–H groups in total. The van der Waals surface area contributed by atoms with E-state index in [1.165, 1.54) is 32.2 Å². The fraction of sp³-hybridized carbons (Fsp3) is 1.00. The zero-order valence-corrected chi connectivity index (χ0v) is 14.6. The van der Waals surface area contributed by atoms with Crippen molar-refractivity contribution in [3.63, 3.8) is 0 Å². The summed E-state index contributed by atoms with van der Waals surface area (Å²) >= 11 is 0. The highest BCUT2D eigenvalue weighted by Gasteiger charge is 2.37. The summed E-state index contributed by atoms with van der Waals surface area (Å²) in [6, 6.07) is 0. The van der Waals surface area contributed by atoms with Crippen LogP contribution in [0.3, 0.4) is 0 Å². The second kappa shape index (κ2) is 6.97. The maximum atomic E-state index is 9.95. The number of nitrogens with one attached hydrogen (secondary N) is 1. The zero-order valence-electron chi connectivity index (χ0n) is 14.6. The molecule has 1 aliphatic heterocycles. The Kier molecular flexibility index (Phi) is 5.72. The summed E-state index contributed by atoms with van der Waals surface area (Å²) in [5.41, 5.74) is 0.594. The van der Waals surface area contributed by atoms with E-state index in [-0.39, 0.29) is 11.6 Å². The molecule has 3 unspecified atom stereocenters. The Labute approximate surface area is 131 Å². The summed E-state index contributed by atoms with van der Waals surface area (Å²) in [4.78, 5) is 2.52. The summed E-state index contributed by atoms with van der Waals surface area (Å²) in [5.74, 6) is 0.843. The molecule has 0 aromatic heterocycles. The molecular formula is C18H36N2O. The molecule has 1 saturated heterocycles. The first-order valence-electron chi connectivity index (χ1n) is 8.93. The summed E-state index contributed by atoms with van der Waals surface area (Å²) in [6.45, 7) is 13.5. The Balaban J connectivity index is 2.00. The van der Waals surface area contributed by atoms with Gasteiger partial charge in [0.1, 0.15) is 0 Å². The van der Waals surface area contributed by atoms with Crippen molar-refractivity contribution < 1.29 is 5.11 Å². The molecule has 0 radical (unpaired) electrons. The molecule has 0 aromatic rings. The molecule has 3 atom stereocenters. The number of likely N-dealkylation sites (tertiary alicyclic amines) is 1. The van der Waals surface area contributed by atoms with E-state index >= 15 is 0 Å². The van der Waals surface area contributed by atoms with Crippen molar-refractivity contribution in [1.82, 2.24) is 10.2 Å². The van der Waals surface area contributed by atoms with E-state index in [9.17, 15) is 5.11 Å². The van der Waals surface area contributed by atoms with Gasteiger partial charge in [0.15, 0.2) is 0 Å². The highest BCUT2D eigenvalue weighted by Crippen LogP contribution is 2.40. The van der Waals surface area contributed by atoms with Gasteiger partial charge < -0.3 is 15.3 Å². The molecule has 3 nitrogen and oxygen atoms in total. The largest absolute Gasteiger partial charge is 0.392 e. The van der Waals surface area contributed by atoms with Crippen LogP contribution in [0.1, 0.15) is 66.2 Å². The van der Waals surface area contributed by atoms with Crippen molar-refractivity contribution in [1.29, 1.82) is 0 Å². The van der Waals surface area contributed by atoms with Gasteiger partial charge in [-0.05, 0) is 64.3 Å². The second-order valence-corrected chi connectivity index (χ2v) is 8.84. The van der Waals surface area contributed by atoms with Crippen LogP contribution in [0.5, 0.6) is 0 Å². The molecule has 0 amide bonds. The predicted octanol–water partition coefficient (Wildman–Crippen LogP) is 3.03. The number of β-amino-alcohol motifs (C(OH)–C–C–N with tert-alkyl or cyclic N) is 1. The third kappa shape index (κ3) is 5.54. The van der Waals surface area contributed by atoms with Gasteiger partial charge in [-0.3, -0.25) is 0 Å². The molecule has 21 heavy (non-hydrogen) atoms. The lowest BCUT2D eigenvalue weighted by Gasteiger charge is -2.46. The smallest absolute Gasteiger partial charge is 0.0667 e. The number of hydrogen-bond acceptors (Lipinski definition) is 3. The molecule has 0 spiro atoms. The van der Waals surface area contributed by atoms with Crippen molar-refractivity contribution in [2.45, 2.75) is 77.9 Å². The van der Waals surface area contributed by atoms with Gasteiger partial charge in [-0.2, -0.15) is 0 Å². The van der Waals surface area contributed by atoms with E-state index in [4.69, 9.17) is 0 Å². The van der Waals surface area contributed by atoms with Crippen LogP contribution < -0.4 is 5.32 Å². The van der Waals surface area contributed by atoms with Gasteiger partial charge in [0.2, 0.25) is 0 Å². The molecular weight excluding hydrogens is 260 g/mol. The Morgan fingerprint density at radius 3 is 2.62 bits per heavy atom. The van der Waals surface area contributed by atoms with Gasteiger partial charge in [-0.15, -0.1) is 0 Å². The number of nitrogens with zero attached hydrogens (tertiary/aromatic N) is 1. The Bertz CT molecular complexity index is 326. The highest BCUT2D eigenvalue weighted by molar-refractivity contribution is 4.92. The summed E-state index contributed by atoms with van der Waals surface area (Å²) in [6.07, 6.45) is 7.46. The number of aliphatic hydroxyl groups excluding tert-OH is 1. The Morgan fingerprint density at radius 2 is 2.00 bits per heavy atom. The number of rotatable bonds is 4. The number of hydrogen-bond donors (Lipinski definition) is 2. The van der Waals surface area contributed by atoms with Crippen LogP contribution in [0.15, 0.2) is 0 Å². The molecule has 0 aromatic carbocycles. The molecule has 1 saturated carbocycles. The fourth-order valence-electron chi connectivity index (χ4n) is 4.23. The average molecular weight is 296 g/mol. The minimum atomic E-state index is -0.104. The van der Waals surface area contributed by atoms with E-state index in [1.807, 2.05) is 0 Å². The van der Waals surface area contributed by atoms with Crippen molar-refractivity contribution in [3.8, 4) is 0 Å². The van der Waals surface area contributed by atoms with Gasteiger partial charge in [0, 0.05) is 25.2 Å². The van der Waals surface area contributed by atoms with E-state index in [1.54, 1.807) is 0 Å². The van der Waals surface area contributed by atoms with Gasteiger partial charge in [-0.1, -0.05) is 19.8 Å². The molecule has 3 heteroatoms. The number of aliphatic hydroxyl groups is 1. The zero-order chi connectivity index (χ0) is 15.5. The summed E-state index contributed by atoms with van der Waals surface area (Å²) in [7, 11) is 0. The van der Waals surface area contributed by atoms with Crippen LogP contribution in [0.2, 0.25) is 0 Å². The normalized spacial score (nSPS) is 35.9. The van der Waals surface area contributed by atoms with Crippen LogP contribution in [0.25, 0.3) is 0 Å². The van der Waals surface area contributed by atoms with E-state index in [0.717, 1.165) is 38.4 Å². The first-order chi connectivity index (χ1) is 9.78. The average Bonchev–Trinajstić information content (AvgIpc) is 2.36. The van der Waals surface area contributed by atoms with Crippen molar-refractivity contribution >= 4 is 0 Å². The SMILES string of the molecule is CC1CCCC(CNC(C)(C)C)(CN2CCCC(O)C2)C1. The standard InChI is InChI=1S/C18H36N2O/c1-15-7-5-9-18(11-15,13-19-17(2,3)4)14-20-10-6-8-16(21)12-20/h15-16,19,21H,5-14H2,1-4H3. The van der Waals surface area contributed by atoms with Crippen LogP contribution in [-0.2, 0) is 0 Å². The molecule has 1 aliphatic carbocycles. The maximum absolute atomic E-state index is 9.95. The van der Waals surface area contributed by atoms with Crippen molar-refractivity contribution in [3.05, 3.63) is 0 Å². The lowest BCUT2D eigenvalue weighted by atomic mass is 9.69. The van der Waals surface area contributed by atoms with Crippen LogP contribution in [-0.4, -0.2) is 47.8 Å². The molecule has 124 valence electrons. The summed E-state index contributed by atoms with van der Waals surface area (Å²) < 4.78 is 0. The summed E-state index contributed by atoms with van der Waals surface area (Å²) in [5, 5.41) is 13.7.